The van der Waals surface area contributed by atoms with Crippen LogP contribution in [0.3, 0.4) is 0 Å². The summed E-state index contributed by atoms with van der Waals surface area (Å²) in [4.78, 5) is 27.3. The van der Waals surface area contributed by atoms with Crippen molar-refractivity contribution >= 4 is 28.3 Å². The molecular formula is C24H28N4O2S. The summed E-state index contributed by atoms with van der Waals surface area (Å²) < 4.78 is 0. The molecule has 0 aliphatic heterocycles. The Morgan fingerprint density at radius 3 is 2.39 bits per heavy atom. The Morgan fingerprint density at radius 1 is 1.03 bits per heavy atom. The Balaban J connectivity index is 1.61. The van der Waals surface area contributed by atoms with Gasteiger partial charge in [0.1, 0.15) is 5.01 Å². The molecule has 0 saturated carbocycles. The molecule has 1 N–H and O–H groups in total. The molecule has 1 aromatic heterocycles. The Kier molecular flexibility index (Phi) is 7.89. The lowest BCUT2D eigenvalue weighted by Gasteiger charge is -2.28. The summed E-state index contributed by atoms with van der Waals surface area (Å²) in [6.45, 7) is 6.48. The monoisotopic (exact) mass is 436 g/mol. The average molecular weight is 437 g/mol. The van der Waals surface area contributed by atoms with Crippen molar-refractivity contribution in [3.8, 4) is 10.6 Å². The maximum Gasteiger partial charge on any atom is 0.254 e. The van der Waals surface area contributed by atoms with Gasteiger partial charge in [-0.05, 0) is 37.5 Å². The van der Waals surface area contributed by atoms with Gasteiger partial charge in [0.05, 0.1) is 0 Å². The number of aromatic nitrogens is 2. The average Bonchev–Trinajstić information content (AvgIpc) is 3.27. The highest BCUT2D eigenvalue weighted by Crippen LogP contribution is 2.26. The molecule has 1 atom stereocenters. The van der Waals surface area contributed by atoms with Crippen LogP contribution in [0.5, 0.6) is 0 Å². The molecule has 7 heteroatoms. The number of anilines is 1. The second kappa shape index (κ2) is 10.8. The number of nitrogens with one attached hydrogen (secondary N) is 1. The number of hydrogen-bond acceptors (Lipinski definition) is 5. The minimum atomic E-state index is -0.182. The zero-order valence-electron chi connectivity index (χ0n) is 18.2. The highest BCUT2D eigenvalue weighted by atomic mass is 32.1. The lowest BCUT2D eigenvalue weighted by atomic mass is 10.1. The molecule has 0 aliphatic carbocycles. The maximum atomic E-state index is 13.0. The fourth-order valence-electron chi connectivity index (χ4n) is 3.17. The first-order chi connectivity index (χ1) is 15.0. The second-order valence-corrected chi connectivity index (χ2v) is 8.36. The van der Waals surface area contributed by atoms with Crippen molar-refractivity contribution in [2.24, 2.45) is 0 Å². The van der Waals surface area contributed by atoms with E-state index in [1.807, 2.05) is 68.4 Å². The number of carbonyl (C=O) groups is 2. The summed E-state index contributed by atoms with van der Waals surface area (Å²) in [5.41, 5.74) is 2.80. The van der Waals surface area contributed by atoms with Crippen molar-refractivity contribution in [3.63, 3.8) is 0 Å². The van der Waals surface area contributed by atoms with Crippen LogP contribution >= 0.6 is 11.3 Å². The molecule has 162 valence electrons. The van der Waals surface area contributed by atoms with E-state index in [0.717, 1.165) is 23.4 Å². The Bertz CT molecular complexity index is 1000. The molecule has 0 aliphatic rings. The SMILES string of the molecule is CCc1ccc(C(=O)N(CCC(=O)Nc2nnc(-c3ccccc3)s2)C(C)CC)cc1. The van der Waals surface area contributed by atoms with Gasteiger partial charge in [-0.25, -0.2) is 0 Å². The van der Waals surface area contributed by atoms with Crippen molar-refractivity contribution in [2.75, 3.05) is 11.9 Å². The van der Waals surface area contributed by atoms with Gasteiger partial charge in [0.15, 0.2) is 0 Å². The van der Waals surface area contributed by atoms with Gasteiger partial charge in [-0.3, -0.25) is 9.59 Å². The van der Waals surface area contributed by atoms with Crippen molar-refractivity contribution in [2.45, 2.75) is 46.1 Å². The highest BCUT2D eigenvalue weighted by molar-refractivity contribution is 7.18. The van der Waals surface area contributed by atoms with E-state index in [2.05, 4.69) is 22.4 Å². The summed E-state index contributed by atoms with van der Waals surface area (Å²) in [5, 5.41) is 12.2. The molecule has 6 nitrogen and oxygen atoms in total. The summed E-state index contributed by atoms with van der Waals surface area (Å²) in [5.74, 6) is -0.231. The molecule has 31 heavy (non-hydrogen) atoms. The molecule has 1 unspecified atom stereocenters. The first kappa shape index (κ1) is 22.6. The van der Waals surface area contributed by atoms with Crippen LogP contribution in [0.2, 0.25) is 0 Å². The van der Waals surface area contributed by atoms with Crippen molar-refractivity contribution in [1.29, 1.82) is 0 Å². The molecule has 3 rings (SSSR count). The van der Waals surface area contributed by atoms with E-state index in [1.165, 1.54) is 16.9 Å². The summed E-state index contributed by atoms with van der Waals surface area (Å²) >= 11 is 1.33. The van der Waals surface area contributed by atoms with Crippen LogP contribution in [0.15, 0.2) is 54.6 Å². The fraction of sp³-hybridized carbons (Fsp3) is 0.333. The Hall–Kier alpha value is -3.06. The van der Waals surface area contributed by atoms with Gasteiger partial charge < -0.3 is 10.2 Å². The maximum absolute atomic E-state index is 13.0. The third-order valence-corrected chi connectivity index (χ3v) is 6.15. The van der Waals surface area contributed by atoms with Crippen LogP contribution in [0.4, 0.5) is 5.13 Å². The third kappa shape index (κ3) is 5.98. The van der Waals surface area contributed by atoms with Crippen LogP contribution < -0.4 is 5.32 Å². The normalized spacial score (nSPS) is 11.7. The van der Waals surface area contributed by atoms with E-state index >= 15 is 0 Å². The molecule has 0 fully saturated rings. The Labute approximate surface area is 187 Å². The van der Waals surface area contributed by atoms with Crippen LogP contribution in [-0.2, 0) is 11.2 Å². The van der Waals surface area contributed by atoms with E-state index in [-0.39, 0.29) is 24.3 Å². The van der Waals surface area contributed by atoms with Gasteiger partial charge in [-0.2, -0.15) is 0 Å². The third-order valence-electron chi connectivity index (χ3n) is 5.26. The molecule has 2 amide bonds. The molecule has 3 aromatic rings. The summed E-state index contributed by atoms with van der Waals surface area (Å²) in [7, 11) is 0. The molecule has 1 heterocycles. The minimum absolute atomic E-state index is 0.0392. The molecule has 0 spiro atoms. The van der Waals surface area contributed by atoms with Gasteiger partial charge >= 0.3 is 0 Å². The van der Waals surface area contributed by atoms with E-state index in [1.54, 1.807) is 4.90 Å². The van der Waals surface area contributed by atoms with Gasteiger partial charge in [-0.15, -0.1) is 10.2 Å². The van der Waals surface area contributed by atoms with E-state index in [9.17, 15) is 9.59 Å². The first-order valence-corrected chi connectivity index (χ1v) is 11.4. The number of hydrogen-bond donors (Lipinski definition) is 1. The summed E-state index contributed by atoms with van der Waals surface area (Å²) in [6, 6.07) is 17.4. The predicted octanol–water partition coefficient (Wildman–Crippen LogP) is 5.04. The quantitative estimate of drug-likeness (QED) is 0.510. The molecule has 0 radical (unpaired) electrons. The Morgan fingerprint density at radius 2 is 1.74 bits per heavy atom. The zero-order chi connectivity index (χ0) is 22.2. The number of aryl methyl sites for hydroxylation is 1. The van der Waals surface area contributed by atoms with Crippen LogP contribution in [0, 0.1) is 0 Å². The van der Waals surface area contributed by atoms with E-state index in [4.69, 9.17) is 0 Å². The zero-order valence-corrected chi connectivity index (χ0v) is 19.0. The predicted molar refractivity (Wildman–Crippen MR) is 125 cm³/mol. The highest BCUT2D eigenvalue weighted by Gasteiger charge is 2.21. The first-order valence-electron chi connectivity index (χ1n) is 10.6. The lowest BCUT2D eigenvalue weighted by molar-refractivity contribution is -0.116. The smallest absolute Gasteiger partial charge is 0.254 e. The number of rotatable bonds is 9. The van der Waals surface area contributed by atoms with Gasteiger partial charge in [-0.1, -0.05) is 67.6 Å². The number of carbonyl (C=O) groups excluding carboxylic acids is 2. The topological polar surface area (TPSA) is 75.2 Å². The number of amides is 2. The van der Waals surface area contributed by atoms with Crippen LogP contribution in [0.1, 0.15) is 49.5 Å². The number of benzene rings is 2. The largest absolute Gasteiger partial charge is 0.335 e. The molecular weight excluding hydrogens is 408 g/mol. The minimum Gasteiger partial charge on any atom is -0.335 e. The fourth-order valence-corrected chi connectivity index (χ4v) is 3.93. The number of nitrogens with zero attached hydrogens (tertiary/aromatic N) is 3. The van der Waals surface area contributed by atoms with Crippen molar-refractivity contribution < 1.29 is 9.59 Å². The van der Waals surface area contributed by atoms with Gasteiger partial charge in [0, 0.05) is 30.1 Å². The molecule has 0 bridgehead atoms. The second-order valence-electron chi connectivity index (χ2n) is 7.38. The van der Waals surface area contributed by atoms with Crippen LogP contribution in [-0.4, -0.2) is 39.5 Å². The van der Waals surface area contributed by atoms with E-state index in [0.29, 0.717) is 17.2 Å². The molecule has 0 saturated heterocycles. The van der Waals surface area contributed by atoms with Crippen molar-refractivity contribution in [3.05, 3.63) is 65.7 Å². The van der Waals surface area contributed by atoms with Gasteiger partial charge in [0.25, 0.3) is 5.91 Å². The molecule has 2 aromatic carbocycles. The van der Waals surface area contributed by atoms with Gasteiger partial charge in [0.2, 0.25) is 11.0 Å². The summed E-state index contributed by atoms with van der Waals surface area (Å²) in [6.07, 6.45) is 1.95. The van der Waals surface area contributed by atoms with E-state index < -0.39 is 0 Å². The van der Waals surface area contributed by atoms with Crippen molar-refractivity contribution in [1.82, 2.24) is 15.1 Å². The standard InChI is InChI=1S/C24H28N4O2S/c1-4-17(3)28(23(30)20-13-11-18(5-2)12-14-20)16-15-21(29)25-24-27-26-22(31-24)19-9-7-6-8-10-19/h6-14,17H,4-5,15-16H2,1-3H3,(H,25,27,29). The lowest BCUT2D eigenvalue weighted by Crippen LogP contribution is -2.40. The van der Waals surface area contributed by atoms with Crippen LogP contribution in [0.25, 0.3) is 10.6 Å².